The van der Waals surface area contributed by atoms with Crippen molar-refractivity contribution >= 4 is 6.08 Å². The maximum atomic E-state index is 4.40. The van der Waals surface area contributed by atoms with Crippen molar-refractivity contribution in [3.63, 3.8) is 0 Å². The molecule has 0 atom stereocenters. The molecule has 2 heterocycles. The summed E-state index contributed by atoms with van der Waals surface area (Å²) in [6, 6.07) is 4.18. The molecule has 0 aromatic carbocycles. The van der Waals surface area contributed by atoms with Crippen LogP contribution in [-0.4, -0.2) is 9.97 Å². The number of hydrogen-bond donors (Lipinski definition) is 1. The van der Waals surface area contributed by atoms with Crippen LogP contribution in [0.5, 0.6) is 0 Å². The highest BCUT2D eigenvalue weighted by molar-refractivity contribution is 5.56. The Labute approximate surface area is 94.3 Å². The van der Waals surface area contributed by atoms with Crippen LogP contribution in [0, 0.1) is 0 Å². The largest absolute Gasteiger partial charge is 0.257 e. The van der Waals surface area contributed by atoms with Crippen LogP contribution in [0.2, 0.25) is 0 Å². The number of rotatable bonds is 2. The number of fused-ring (bicyclic) bond motifs is 1. The summed E-state index contributed by atoms with van der Waals surface area (Å²) in [4.78, 5) is 10.6. The second-order valence-corrected chi connectivity index (χ2v) is 4.15. The molecular weight excluding hydrogens is 198 g/mol. The van der Waals surface area contributed by atoms with E-state index in [9.17, 15) is 0 Å². The lowest BCUT2D eigenvalue weighted by Gasteiger charge is -2.13. The highest BCUT2D eigenvalue weighted by Crippen LogP contribution is 2.23. The summed E-state index contributed by atoms with van der Waals surface area (Å²) in [5, 5.41) is 0. The number of nitrogens with one attached hydrogen (secondary N) is 2. The molecule has 3 rings (SSSR count). The van der Waals surface area contributed by atoms with Gasteiger partial charge in [-0.25, -0.2) is 4.98 Å². The van der Waals surface area contributed by atoms with Crippen LogP contribution < -0.4 is 4.98 Å². The molecule has 1 aliphatic rings. The topological polar surface area (TPSA) is 42.8 Å². The van der Waals surface area contributed by atoms with Crippen LogP contribution in [-0.2, 0) is 12.8 Å². The molecule has 80 valence electrons. The highest BCUT2D eigenvalue weighted by Gasteiger charge is 2.12. The maximum Gasteiger partial charge on any atom is 0.239 e. The van der Waals surface area contributed by atoms with E-state index in [-0.39, 0.29) is 0 Å². The summed E-state index contributed by atoms with van der Waals surface area (Å²) in [5.41, 5.74) is 5.18. The monoisotopic (exact) mass is 212 g/mol. The van der Waals surface area contributed by atoms with E-state index in [0.29, 0.717) is 0 Å². The van der Waals surface area contributed by atoms with Gasteiger partial charge in [0.15, 0.2) is 0 Å². The van der Waals surface area contributed by atoms with Crippen LogP contribution in [0.4, 0.5) is 0 Å². The predicted octanol–water partition coefficient (Wildman–Crippen LogP) is 1.80. The third-order valence-electron chi connectivity index (χ3n) is 3.00. The van der Waals surface area contributed by atoms with Gasteiger partial charge in [-0.2, -0.15) is 0 Å². The number of imidazole rings is 1. The highest BCUT2D eigenvalue weighted by atomic mass is 14.9. The Hall–Kier alpha value is -1.90. The molecule has 0 saturated carbocycles. The minimum atomic E-state index is 0.986. The fourth-order valence-electron chi connectivity index (χ4n) is 2.16. The van der Waals surface area contributed by atoms with Gasteiger partial charge >= 0.3 is 0 Å². The first kappa shape index (κ1) is 9.33. The van der Waals surface area contributed by atoms with E-state index < -0.39 is 0 Å². The molecule has 0 unspecified atom stereocenters. The van der Waals surface area contributed by atoms with Gasteiger partial charge in [0.25, 0.3) is 0 Å². The number of aryl methyl sites for hydroxylation is 1. The number of aromatic nitrogens is 3. The van der Waals surface area contributed by atoms with Gasteiger partial charge in [-0.15, -0.1) is 0 Å². The molecule has 1 aliphatic carbocycles. The van der Waals surface area contributed by atoms with Gasteiger partial charge in [-0.3, -0.25) is 9.97 Å². The van der Waals surface area contributed by atoms with Crippen molar-refractivity contribution in [2.45, 2.75) is 19.3 Å². The van der Waals surface area contributed by atoms with Crippen LogP contribution in [0.3, 0.4) is 0 Å². The zero-order valence-corrected chi connectivity index (χ0v) is 9.03. The Morgan fingerprint density at radius 3 is 3.25 bits per heavy atom. The molecule has 0 radical (unpaired) electrons. The standard InChI is InChI=1S/C13H13N3/c1-2-11-4-3-10(7-13(11)15-5-1)6-12-8-14-9-16-12/h1-2,5,7-9H,3-4,6H2,(H,14,16)/p+1. The molecule has 0 aliphatic heterocycles. The molecule has 0 bridgehead atoms. The van der Waals surface area contributed by atoms with E-state index in [1.807, 2.05) is 24.8 Å². The van der Waals surface area contributed by atoms with Gasteiger partial charge in [-0.05, 0) is 30.5 Å². The Bertz CT molecular complexity index is 512. The van der Waals surface area contributed by atoms with Crippen LogP contribution in [0.15, 0.2) is 36.4 Å². The Morgan fingerprint density at radius 1 is 1.38 bits per heavy atom. The first-order chi connectivity index (χ1) is 7.92. The van der Waals surface area contributed by atoms with Crippen molar-refractivity contribution in [1.82, 2.24) is 9.97 Å². The lowest BCUT2D eigenvalue weighted by Crippen LogP contribution is -2.03. The van der Waals surface area contributed by atoms with Crippen LogP contribution in [0.25, 0.3) is 6.08 Å². The average Bonchev–Trinajstić information content (AvgIpc) is 2.82. The molecule has 0 saturated heterocycles. The lowest BCUT2D eigenvalue weighted by atomic mass is 9.93. The molecule has 0 spiro atoms. The molecule has 0 amide bonds. The molecule has 2 aromatic heterocycles. The molecular formula is C13H14N3+. The number of aromatic amines is 2. The third kappa shape index (κ3) is 1.76. The molecule has 2 N–H and O–H groups in total. The van der Waals surface area contributed by atoms with Crippen molar-refractivity contribution in [2.75, 3.05) is 0 Å². The fourth-order valence-corrected chi connectivity index (χ4v) is 2.16. The van der Waals surface area contributed by atoms with Crippen LogP contribution in [0.1, 0.15) is 23.4 Å². The summed E-state index contributed by atoms with van der Waals surface area (Å²) in [7, 11) is 0. The lowest BCUT2D eigenvalue weighted by molar-refractivity contribution is -0.376. The number of pyridine rings is 1. The quantitative estimate of drug-likeness (QED) is 0.810. The summed E-state index contributed by atoms with van der Waals surface area (Å²) in [6.07, 6.45) is 11.2. The Kier molecular flexibility index (Phi) is 2.29. The maximum absolute atomic E-state index is 4.40. The summed E-state index contributed by atoms with van der Waals surface area (Å²) in [6.45, 7) is 0. The minimum Gasteiger partial charge on any atom is -0.257 e. The fraction of sp³-hybridized carbons (Fsp3) is 0.231. The number of hydrogen-bond acceptors (Lipinski definition) is 1. The van der Waals surface area contributed by atoms with Crippen LogP contribution >= 0.6 is 0 Å². The van der Waals surface area contributed by atoms with Crippen molar-refractivity contribution in [1.29, 1.82) is 0 Å². The van der Waals surface area contributed by atoms with E-state index in [2.05, 4.69) is 27.1 Å². The van der Waals surface area contributed by atoms with Crippen molar-refractivity contribution < 1.29 is 4.98 Å². The smallest absolute Gasteiger partial charge is 0.239 e. The molecule has 3 heteroatoms. The third-order valence-corrected chi connectivity index (χ3v) is 3.00. The van der Waals surface area contributed by atoms with Crippen molar-refractivity contribution in [3.05, 3.63) is 53.4 Å². The second-order valence-electron chi connectivity index (χ2n) is 4.15. The molecule has 2 aromatic rings. The normalized spacial score (nSPS) is 14.4. The zero-order chi connectivity index (χ0) is 10.8. The van der Waals surface area contributed by atoms with E-state index in [4.69, 9.17) is 0 Å². The number of nitrogens with zero attached hydrogens (tertiary/aromatic N) is 1. The Balaban J connectivity index is 1.86. The van der Waals surface area contributed by atoms with Crippen molar-refractivity contribution in [2.24, 2.45) is 0 Å². The van der Waals surface area contributed by atoms with E-state index in [1.165, 1.54) is 16.8 Å². The zero-order valence-electron chi connectivity index (χ0n) is 9.03. The first-order valence-corrected chi connectivity index (χ1v) is 5.58. The Morgan fingerprint density at radius 2 is 2.38 bits per heavy atom. The van der Waals surface area contributed by atoms with E-state index in [0.717, 1.165) is 25.0 Å². The molecule has 3 nitrogen and oxygen atoms in total. The average molecular weight is 212 g/mol. The minimum absolute atomic E-state index is 0.986. The SMILES string of the molecule is C1=C(Cc2c[nH+]c[nH]2)CCc2cccnc21. The summed E-state index contributed by atoms with van der Waals surface area (Å²) in [5.74, 6) is 0. The van der Waals surface area contributed by atoms with Gasteiger partial charge in [0.2, 0.25) is 6.33 Å². The van der Waals surface area contributed by atoms with Gasteiger partial charge in [0.05, 0.1) is 5.69 Å². The molecule has 0 fully saturated rings. The van der Waals surface area contributed by atoms with E-state index >= 15 is 0 Å². The summed E-state index contributed by atoms with van der Waals surface area (Å²) >= 11 is 0. The second kappa shape index (κ2) is 3.93. The van der Waals surface area contributed by atoms with E-state index in [1.54, 1.807) is 0 Å². The predicted molar refractivity (Wildman–Crippen MR) is 61.6 cm³/mol. The van der Waals surface area contributed by atoms with Gasteiger partial charge in [-0.1, -0.05) is 11.6 Å². The summed E-state index contributed by atoms with van der Waals surface area (Å²) < 4.78 is 0. The first-order valence-electron chi connectivity index (χ1n) is 5.58. The molecule has 16 heavy (non-hydrogen) atoms. The number of H-pyrrole nitrogens is 2. The van der Waals surface area contributed by atoms with Gasteiger partial charge < -0.3 is 0 Å². The van der Waals surface area contributed by atoms with Gasteiger partial charge in [0, 0.05) is 12.6 Å². The number of allylic oxidation sites excluding steroid dienone is 1. The van der Waals surface area contributed by atoms with Gasteiger partial charge in [0.1, 0.15) is 11.9 Å². The van der Waals surface area contributed by atoms with Crippen molar-refractivity contribution in [3.8, 4) is 0 Å².